The lowest BCUT2D eigenvalue weighted by atomic mass is 10.1. The van der Waals surface area contributed by atoms with Gasteiger partial charge >= 0.3 is 0 Å². The average molecular weight is 345 g/mol. The molecule has 0 unspecified atom stereocenters. The van der Waals surface area contributed by atoms with E-state index in [1.807, 2.05) is 6.92 Å². The average Bonchev–Trinajstić information content (AvgIpc) is 2.38. The number of rotatable bonds is 3. The number of hydrogen-bond donors (Lipinski definition) is 2. The highest BCUT2D eigenvalue weighted by Crippen LogP contribution is 2.28. The molecule has 112 valence electrons. The molecular formula is C14H14Cl2N2O2S. The number of anilines is 2. The van der Waals surface area contributed by atoms with Crippen molar-refractivity contribution in [2.24, 2.45) is 0 Å². The van der Waals surface area contributed by atoms with Crippen molar-refractivity contribution >= 4 is 44.6 Å². The number of aryl methyl sites for hydroxylation is 1. The summed E-state index contributed by atoms with van der Waals surface area (Å²) in [7, 11) is -3.78. The quantitative estimate of drug-likeness (QED) is 0.826. The van der Waals surface area contributed by atoms with E-state index in [-0.39, 0.29) is 14.9 Å². The summed E-state index contributed by atoms with van der Waals surface area (Å²) in [6.07, 6.45) is 0. The first-order valence-corrected chi connectivity index (χ1v) is 8.29. The SMILES string of the molecule is Cc1ccc(NS(=O)(=O)c2cc(Cl)cc(Cl)c2)c(C)c1N. The maximum Gasteiger partial charge on any atom is 0.262 e. The van der Waals surface area contributed by atoms with Crippen molar-refractivity contribution in [2.75, 3.05) is 10.5 Å². The second kappa shape index (κ2) is 5.75. The Hall–Kier alpha value is -1.43. The summed E-state index contributed by atoms with van der Waals surface area (Å²) in [6.45, 7) is 3.61. The zero-order valence-corrected chi connectivity index (χ0v) is 13.8. The summed E-state index contributed by atoms with van der Waals surface area (Å²) in [5.41, 5.74) is 8.45. The zero-order chi connectivity index (χ0) is 15.8. The van der Waals surface area contributed by atoms with Gasteiger partial charge in [-0.1, -0.05) is 29.3 Å². The molecule has 2 aromatic carbocycles. The van der Waals surface area contributed by atoms with Crippen LogP contribution in [0.3, 0.4) is 0 Å². The van der Waals surface area contributed by atoms with Crippen LogP contribution in [0.5, 0.6) is 0 Å². The van der Waals surface area contributed by atoms with Crippen LogP contribution in [0.1, 0.15) is 11.1 Å². The number of nitrogens with two attached hydrogens (primary N) is 1. The molecule has 0 aliphatic rings. The van der Waals surface area contributed by atoms with Crippen molar-refractivity contribution < 1.29 is 8.42 Å². The molecule has 2 aromatic rings. The van der Waals surface area contributed by atoms with Crippen LogP contribution in [0.15, 0.2) is 35.2 Å². The Morgan fingerprint density at radius 1 is 1.05 bits per heavy atom. The first-order valence-electron chi connectivity index (χ1n) is 6.05. The Balaban J connectivity index is 2.45. The Kier molecular flexibility index (Phi) is 4.37. The summed E-state index contributed by atoms with van der Waals surface area (Å²) in [4.78, 5) is -0.00135. The minimum atomic E-state index is -3.78. The highest BCUT2D eigenvalue weighted by Gasteiger charge is 2.17. The fraction of sp³-hybridized carbons (Fsp3) is 0.143. The van der Waals surface area contributed by atoms with Gasteiger partial charge in [0.25, 0.3) is 10.0 Å². The lowest BCUT2D eigenvalue weighted by Crippen LogP contribution is -2.14. The van der Waals surface area contributed by atoms with Crippen molar-refractivity contribution in [1.82, 2.24) is 0 Å². The van der Waals surface area contributed by atoms with E-state index in [1.165, 1.54) is 18.2 Å². The van der Waals surface area contributed by atoms with Crippen LogP contribution in [0.4, 0.5) is 11.4 Å². The molecule has 0 aliphatic carbocycles. The minimum Gasteiger partial charge on any atom is -0.398 e. The molecule has 21 heavy (non-hydrogen) atoms. The summed E-state index contributed by atoms with van der Waals surface area (Å²) in [5, 5.41) is 0.506. The van der Waals surface area contributed by atoms with Gasteiger partial charge in [-0.25, -0.2) is 8.42 Å². The van der Waals surface area contributed by atoms with Crippen LogP contribution >= 0.6 is 23.2 Å². The molecule has 0 bridgehead atoms. The van der Waals surface area contributed by atoms with Crippen molar-refractivity contribution in [3.63, 3.8) is 0 Å². The molecular weight excluding hydrogens is 331 g/mol. The first kappa shape index (κ1) is 15.9. The van der Waals surface area contributed by atoms with Gasteiger partial charge in [-0.2, -0.15) is 0 Å². The van der Waals surface area contributed by atoms with Gasteiger partial charge in [0.15, 0.2) is 0 Å². The number of benzene rings is 2. The Labute approximate surface area is 133 Å². The molecule has 0 saturated heterocycles. The molecule has 0 atom stereocenters. The monoisotopic (exact) mass is 344 g/mol. The zero-order valence-electron chi connectivity index (χ0n) is 11.4. The van der Waals surface area contributed by atoms with E-state index in [0.29, 0.717) is 16.9 Å². The highest BCUT2D eigenvalue weighted by molar-refractivity contribution is 7.92. The third-order valence-electron chi connectivity index (χ3n) is 3.12. The Bertz CT molecular complexity index is 785. The summed E-state index contributed by atoms with van der Waals surface area (Å²) >= 11 is 11.7. The largest absolute Gasteiger partial charge is 0.398 e. The predicted molar refractivity (Wildman–Crippen MR) is 87.6 cm³/mol. The van der Waals surface area contributed by atoms with Crippen molar-refractivity contribution in [1.29, 1.82) is 0 Å². The standard InChI is InChI=1S/C14H14Cl2N2O2S/c1-8-3-4-13(9(2)14(8)17)18-21(19,20)12-6-10(15)5-11(16)7-12/h3-7,18H,17H2,1-2H3. The van der Waals surface area contributed by atoms with E-state index >= 15 is 0 Å². The van der Waals surface area contributed by atoms with Gasteiger partial charge < -0.3 is 5.73 Å². The molecule has 0 saturated carbocycles. The highest BCUT2D eigenvalue weighted by atomic mass is 35.5. The van der Waals surface area contributed by atoms with Crippen LogP contribution in [0, 0.1) is 13.8 Å². The normalized spacial score (nSPS) is 11.4. The van der Waals surface area contributed by atoms with Crippen LogP contribution in [-0.2, 0) is 10.0 Å². The molecule has 0 heterocycles. The molecule has 0 aliphatic heterocycles. The van der Waals surface area contributed by atoms with Gasteiger partial charge in [0.2, 0.25) is 0 Å². The number of nitrogen functional groups attached to an aromatic ring is 1. The second-order valence-electron chi connectivity index (χ2n) is 4.68. The van der Waals surface area contributed by atoms with Crippen molar-refractivity contribution in [3.8, 4) is 0 Å². The fourth-order valence-corrected chi connectivity index (χ4v) is 3.71. The van der Waals surface area contributed by atoms with E-state index in [1.54, 1.807) is 19.1 Å². The Morgan fingerprint density at radius 2 is 1.62 bits per heavy atom. The lowest BCUT2D eigenvalue weighted by molar-refractivity contribution is 0.601. The van der Waals surface area contributed by atoms with Crippen molar-refractivity contribution in [2.45, 2.75) is 18.7 Å². The second-order valence-corrected chi connectivity index (χ2v) is 7.23. The molecule has 7 heteroatoms. The number of sulfonamides is 1. The third-order valence-corrected chi connectivity index (χ3v) is 4.90. The van der Waals surface area contributed by atoms with E-state index in [9.17, 15) is 8.42 Å². The fourth-order valence-electron chi connectivity index (χ4n) is 1.86. The van der Waals surface area contributed by atoms with Gasteiger partial charge in [0, 0.05) is 15.7 Å². The number of nitrogens with one attached hydrogen (secondary N) is 1. The summed E-state index contributed by atoms with van der Waals surface area (Å²) in [6, 6.07) is 7.57. The summed E-state index contributed by atoms with van der Waals surface area (Å²) in [5.74, 6) is 0. The van der Waals surface area contributed by atoms with Crippen LogP contribution < -0.4 is 10.5 Å². The third kappa shape index (κ3) is 3.43. The smallest absolute Gasteiger partial charge is 0.262 e. The molecule has 4 nitrogen and oxygen atoms in total. The Morgan fingerprint density at radius 3 is 2.19 bits per heavy atom. The van der Waals surface area contributed by atoms with E-state index in [4.69, 9.17) is 28.9 Å². The van der Waals surface area contributed by atoms with Gasteiger partial charge in [0.05, 0.1) is 10.6 Å². The van der Waals surface area contributed by atoms with Gasteiger partial charge in [-0.05, 0) is 49.2 Å². The predicted octanol–water partition coefficient (Wildman–Crippen LogP) is 3.99. The molecule has 0 spiro atoms. The van der Waals surface area contributed by atoms with Crippen LogP contribution in [0.2, 0.25) is 10.0 Å². The van der Waals surface area contributed by atoms with Crippen molar-refractivity contribution in [3.05, 3.63) is 51.5 Å². The molecule has 3 N–H and O–H groups in total. The molecule has 0 radical (unpaired) electrons. The summed E-state index contributed by atoms with van der Waals surface area (Å²) < 4.78 is 27.3. The van der Waals surface area contributed by atoms with Crippen LogP contribution in [-0.4, -0.2) is 8.42 Å². The lowest BCUT2D eigenvalue weighted by Gasteiger charge is -2.14. The molecule has 2 rings (SSSR count). The number of halogens is 2. The first-order chi connectivity index (χ1) is 9.70. The van der Waals surface area contributed by atoms with Gasteiger partial charge in [-0.3, -0.25) is 4.72 Å². The van der Waals surface area contributed by atoms with Gasteiger partial charge in [-0.15, -0.1) is 0 Å². The molecule has 0 amide bonds. The van der Waals surface area contributed by atoms with Crippen LogP contribution in [0.25, 0.3) is 0 Å². The molecule has 0 fully saturated rings. The van der Waals surface area contributed by atoms with E-state index in [2.05, 4.69) is 4.72 Å². The minimum absolute atomic E-state index is 0.00135. The van der Waals surface area contributed by atoms with E-state index in [0.717, 1.165) is 5.56 Å². The van der Waals surface area contributed by atoms with Gasteiger partial charge in [0.1, 0.15) is 0 Å². The maximum atomic E-state index is 12.4. The number of hydrogen-bond acceptors (Lipinski definition) is 3. The maximum absolute atomic E-state index is 12.4. The topological polar surface area (TPSA) is 72.2 Å². The van der Waals surface area contributed by atoms with E-state index < -0.39 is 10.0 Å². The molecule has 0 aromatic heterocycles.